The minimum Gasteiger partial charge on any atom is -0.373 e. The van der Waals surface area contributed by atoms with Gasteiger partial charge in [0.15, 0.2) is 0 Å². The van der Waals surface area contributed by atoms with Crippen LogP contribution in [-0.4, -0.2) is 66.1 Å². The summed E-state index contributed by atoms with van der Waals surface area (Å²) in [6.07, 6.45) is 1.57. The molecule has 1 aromatic heterocycles. The van der Waals surface area contributed by atoms with Crippen molar-refractivity contribution in [3.05, 3.63) is 59.9 Å². The van der Waals surface area contributed by atoms with Gasteiger partial charge in [0.1, 0.15) is 18.0 Å². The van der Waals surface area contributed by atoms with E-state index in [4.69, 9.17) is 4.74 Å². The van der Waals surface area contributed by atoms with Crippen LogP contribution in [0.25, 0.3) is 5.69 Å². The molecule has 1 unspecified atom stereocenters. The Morgan fingerprint density at radius 2 is 1.90 bits per heavy atom. The highest BCUT2D eigenvalue weighted by molar-refractivity contribution is 5.64. The Kier molecular flexibility index (Phi) is 6.15. The lowest BCUT2D eigenvalue weighted by Gasteiger charge is -2.36. The maximum absolute atomic E-state index is 13.5. The lowest BCUT2D eigenvalue weighted by molar-refractivity contribution is 0.0248. The molecule has 166 valence electrons. The van der Waals surface area contributed by atoms with Gasteiger partial charge in [-0.05, 0) is 56.9 Å². The van der Waals surface area contributed by atoms with Gasteiger partial charge in [0, 0.05) is 38.5 Å². The highest BCUT2D eigenvalue weighted by Crippen LogP contribution is 2.26. The van der Waals surface area contributed by atoms with Gasteiger partial charge in [0.05, 0.1) is 18.4 Å². The van der Waals surface area contributed by atoms with Crippen molar-refractivity contribution >= 4 is 17.3 Å². The lowest BCUT2D eigenvalue weighted by atomic mass is 10.1. The number of likely N-dealkylation sites (N-methyl/N-ethyl adjacent to an activating group) is 1. The molecule has 1 saturated heterocycles. The van der Waals surface area contributed by atoms with Crippen molar-refractivity contribution in [1.29, 1.82) is 0 Å². The fourth-order valence-corrected chi connectivity index (χ4v) is 3.73. The summed E-state index contributed by atoms with van der Waals surface area (Å²) in [7, 11) is 4.09. The van der Waals surface area contributed by atoms with Crippen LogP contribution in [0.15, 0.2) is 42.7 Å². The minimum atomic E-state index is -0.665. The van der Waals surface area contributed by atoms with E-state index in [9.17, 15) is 8.78 Å². The monoisotopic (exact) mass is 430 g/mol. The summed E-state index contributed by atoms with van der Waals surface area (Å²) in [5, 5.41) is 7.49. The first-order valence-corrected chi connectivity index (χ1v) is 10.1. The Hall–Kier alpha value is -3.04. The predicted molar refractivity (Wildman–Crippen MR) is 118 cm³/mol. The van der Waals surface area contributed by atoms with Crippen molar-refractivity contribution in [1.82, 2.24) is 19.7 Å². The number of morpholine rings is 1. The van der Waals surface area contributed by atoms with Gasteiger partial charge in [0.2, 0.25) is 5.95 Å². The average molecular weight is 431 g/mol. The normalized spacial score (nSPS) is 16.7. The largest absolute Gasteiger partial charge is 0.373 e. The summed E-state index contributed by atoms with van der Waals surface area (Å²) < 4.78 is 34.2. The fraction of sp³-hybridized carbons (Fsp3) is 0.364. The fourth-order valence-electron chi connectivity index (χ4n) is 3.73. The standard InChI is InChI=1S/C22H26F2N6O.H2/c1-15-6-18(11-19(7-15)29-4-5-31-21(13-29)12-28(2)3)26-22-25-14-30(27-22)20-9-16(23)8-17(24)10-20;/h6-11,14,21H,4-5,12-13H2,1-3H3,(H,26,27);1H. The molecule has 2 aromatic carbocycles. The number of hydrogen-bond acceptors (Lipinski definition) is 6. The average Bonchev–Trinajstić information content (AvgIpc) is 3.15. The second-order valence-electron chi connectivity index (χ2n) is 8.02. The number of nitrogens with zero attached hydrogens (tertiary/aromatic N) is 5. The van der Waals surface area contributed by atoms with Crippen molar-refractivity contribution in [3.8, 4) is 5.69 Å². The minimum absolute atomic E-state index is 0. The third kappa shape index (κ3) is 5.36. The molecule has 3 aromatic rings. The number of benzene rings is 2. The Bertz CT molecular complexity index is 1040. The molecule has 0 radical (unpaired) electrons. The number of halogens is 2. The maximum Gasteiger partial charge on any atom is 0.246 e. The Balaban J connectivity index is 0.00000289. The van der Waals surface area contributed by atoms with Crippen molar-refractivity contribution in [2.75, 3.05) is 50.6 Å². The van der Waals surface area contributed by atoms with Gasteiger partial charge in [-0.1, -0.05) is 0 Å². The second kappa shape index (κ2) is 8.99. The number of ether oxygens (including phenoxy) is 1. The van der Waals surface area contributed by atoms with Crippen LogP contribution in [-0.2, 0) is 4.74 Å². The molecule has 4 rings (SSSR count). The van der Waals surface area contributed by atoms with E-state index in [2.05, 4.69) is 31.3 Å². The number of aromatic nitrogens is 3. The van der Waals surface area contributed by atoms with Gasteiger partial charge in [-0.2, -0.15) is 4.98 Å². The molecule has 31 heavy (non-hydrogen) atoms. The van der Waals surface area contributed by atoms with Gasteiger partial charge in [-0.3, -0.25) is 0 Å². The smallest absolute Gasteiger partial charge is 0.246 e. The van der Waals surface area contributed by atoms with E-state index < -0.39 is 11.6 Å². The summed E-state index contributed by atoms with van der Waals surface area (Å²) in [4.78, 5) is 8.67. The van der Waals surface area contributed by atoms with Crippen molar-refractivity contribution in [2.24, 2.45) is 0 Å². The van der Waals surface area contributed by atoms with Crippen LogP contribution in [0.2, 0.25) is 0 Å². The molecule has 1 N–H and O–H groups in total. The molecule has 9 heteroatoms. The Morgan fingerprint density at radius 3 is 2.65 bits per heavy atom. The summed E-state index contributed by atoms with van der Waals surface area (Å²) >= 11 is 0. The summed E-state index contributed by atoms with van der Waals surface area (Å²) in [6, 6.07) is 9.43. The topological polar surface area (TPSA) is 58.5 Å². The molecule has 1 fully saturated rings. The van der Waals surface area contributed by atoms with Crippen LogP contribution in [0.1, 0.15) is 6.99 Å². The van der Waals surface area contributed by atoms with Gasteiger partial charge >= 0.3 is 0 Å². The highest BCUT2D eigenvalue weighted by Gasteiger charge is 2.21. The zero-order valence-corrected chi connectivity index (χ0v) is 17.8. The van der Waals surface area contributed by atoms with Crippen molar-refractivity contribution < 1.29 is 14.9 Å². The van der Waals surface area contributed by atoms with Gasteiger partial charge in [-0.25, -0.2) is 13.5 Å². The van der Waals surface area contributed by atoms with E-state index >= 15 is 0 Å². The molecule has 7 nitrogen and oxygen atoms in total. The van der Waals surface area contributed by atoms with E-state index in [1.54, 1.807) is 0 Å². The molecule has 0 bridgehead atoms. The SMILES string of the molecule is Cc1cc(Nc2ncn(-c3cc(F)cc(F)c3)n2)cc(N2CCOC(CN(C)C)C2)c1.[HH]. The molecule has 1 atom stereocenters. The Labute approximate surface area is 181 Å². The van der Waals surface area contributed by atoms with Gasteiger partial charge in [-0.15, -0.1) is 5.10 Å². The van der Waals surface area contributed by atoms with E-state index in [1.807, 2.05) is 33.2 Å². The number of aryl methyl sites for hydroxylation is 1. The molecule has 0 spiro atoms. The zero-order chi connectivity index (χ0) is 22.0. The van der Waals surface area contributed by atoms with Gasteiger partial charge < -0.3 is 19.9 Å². The van der Waals surface area contributed by atoms with Crippen LogP contribution < -0.4 is 10.2 Å². The number of rotatable bonds is 6. The number of anilines is 3. The van der Waals surface area contributed by atoms with Crippen LogP contribution in [0.4, 0.5) is 26.1 Å². The molecular formula is C22H28F2N6O. The molecule has 0 saturated carbocycles. The summed E-state index contributed by atoms with van der Waals surface area (Å²) in [5.74, 6) is -0.989. The molecule has 1 aliphatic heterocycles. The third-order valence-electron chi connectivity index (χ3n) is 4.99. The molecular weight excluding hydrogens is 402 g/mol. The van der Waals surface area contributed by atoms with E-state index in [-0.39, 0.29) is 13.2 Å². The molecule has 0 aliphatic carbocycles. The van der Waals surface area contributed by atoms with E-state index in [0.717, 1.165) is 42.6 Å². The second-order valence-corrected chi connectivity index (χ2v) is 8.02. The van der Waals surface area contributed by atoms with Gasteiger partial charge in [0.25, 0.3) is 0 Å². The Morgan fingerprint density at radius 1 is 1.13 bits per heavy atom. The quantitative estimate of drug-likeness (QED) is 0.645. The first-order chi connectivity index (χ1) is 14.9. The van der Waals surface area contributed by atoms with Crippen LogP contribution in [0.5, 0.6) is 0 Å². The summed E-state index contributed by atoms with van der Waals surface area (Å²) in [6.45, 7) is 5.23. The van der Waals surface area contributed by atoms with E-state index in [0.29, 0.717) is 12.6 Å². The maximum atomic E-state index is 13.5. The number of hydrogen-bond donors (Lipinski definition) is 1. The third-order valence-corrected chi connectivity index (χ3v) is 4.99. The predicted octanol–water partition coefficient (Wildman–Crippen LogP) is 3.61. The lowest BCUT2D eigenvalue weighted by Crippen LogP contribution is -2.46. The number of nitrogens with one attached hydrogen (secondary N) is 1. The highest BCUT2D eigenvalue weighted by atomic mass is 19.1. The first kappa shape index (κ1) is 21.2. The van der Waals surface area contributed by atoms with Crippen LogP contribution in [0, 0.1) is 18.6 Å². The zero-order valence-electron chi connectivity index (χ0n) is 17.8. The van der Waals surface area contributed by atoms with Crippen LogP contribution >= 0.6 is 0 Å². The van der Waals surface area contributed by atoms with Crippen molar-refractivity contribution in [2.45, 2.75) is 13.0 Å². The first-order valence-electron chi connectivity index (χ1n) is 10.1. The molecule has 1 aliphatic rings. The van der Waals surface area contributed by atoms with Crippen LogP contribution in [0.3, 0.4) is 0 Å². The molecule has 2 heterocycles. The van der Waals surface area contributed by atoms with E-state index in [1.165, 1.54) is 23.1 Å². The van der Waals surface area contributed by atoms with Crippen molar-refractivity contribution in [3.63, 3.8) is 0 Å². The summed E-state index contributed by atoms with van der Waals surface area (Å²) in [5.41, 5.74) is 3.31. The molecule has 0 amide bonds.